The van der Waals surface area contributed by atoms with Crippen LogP contribution in [0.5, 0.6) is 0 Å². The molecule has 1 heterocycles. The molecule has 0 fully saturated rings. The molecule has 0 saturated heterocycles. The van der Waals surface area contributed by atoms with Crippen LogP contribution >= 0.6 is 15.9 Å². The monoisotopic (exact) mass is 448 g/mol. The summed E-state index contributed by atoms with van der Waals surface area (Å²) in [7, 11) is 0. The summed E-state index contributed by atoms with van der Waals surface area (Å²) >= 11 is 3.44. The summed E-state index contributed by atoms with van der Waals surface area (Å²) in [6.07, 6.45) is 5.28. The number of hydrogen-bond acceptors (Lipinski definition) is 4. The number of rotatable bonds is 8. The van der Waals surface area contributed by atoms with E-state index in [4.69, 9.17) is 5.73 Å². The molecule has 3 N–H and O–H groups in total. The minimum absolute atomic E-state index is 0.00865. The van der Waals surface area contributed by atoms with Gasteiger partial charge in [-0.2, -0.15) is 0 Å². The van der Waals surface area contributed by atoms with Crippen LogP contribution in [0.1, 0.15) is 38.7 Å². The van der Waals surface area contributed by atoms with Gasteiger partial charge in [0.05, 0.1) is 0 Å². The Balaban J connectivity index is 2.48. The normalized spacial score (nSPS) is 11.1. The number of unbranched alkanes of at least 4 members (excludes halogenated alkanes) is 1. The zero-order valence-electron chi connectivity index (χ0n) is 16.1. The number of hydrogen-bond donors (Lipinski definition) is 2. The number of aromatic nitrogens is 2. The van der Waals surface area contributed by atoms with Crippen molar-refractivity contribution in [1.82, 2.24) is 9.55 Å². The number of anilines is 2. The second-order valence-electron chi connectivity index (χ2n) is 6.34. The van der Waals surface area contributed by atoms with Crippen LogP contribution in [0.2, 0.25) is 0 Å². The lowest BCUT2D eigenvalue weighted by Crippen LogP contribution is -2.41. The van der Waals surface area contributed by atoms with Crippen LogP contribution in [0.3, 0.4) is 0 Å². The Kier molecular flexibility index (Phi) is 7.80. The second-order valence-corrected chi connectivity index (χ2v) is 7.20. The van der Waals surface area contributed by atoms with Crippen LogP contribution in [0.25, 0.3) is 6.08 Å². The molecule has 0 radical (unpaired) electrons. The van der Waals surface area contributed by atoms with Crippen molar-refractivity contribution in [3.05, 3.63) is 61.2 Å². The zero-order valence-corrected chi connectivity index (χ0v) is 17.7. The van der Waals surface area contributed by atoms with E-state index >= 15 is 0 Å². The maximum absolute atomic E-state index is 12.9. The maximum atomic E-state index is 12.9. The average molecular weight is 449 g/mol. The number of nitrogens with zero attached hydrogens (tertiary/aromatic N) is 2. The molecule has 150 valence electrons. The third-order valence-corrected chi connectivity index (χ3v) is 4.97. The summed E-state index contributed by atoms with van der Waals surface area (Å²) in [5, 5.41) is 0. The molecule has 0 aliphatic heterocycles. The Morgan fingerprint density at radius 3 is 2.61 bits per heavy atom. The van der Waals surface area contributed by atoms with Crippen LogP contribution in [-0.2, 0) is 11.3 Å². The van der Waals surface area contributed by atoms with Crippen molar-refractivity contribution in [3.8, 4) is 0 Å². The van der Waals surface area contributed by atoms with Crippen molar-refractivity contribution < 1.29 is 4.79 Å². The van der Waals surface area contributed by atoms with Gasteiger partial charge in [0.2, 0.25) is 0 Å². The number of aromatic amines is 1. The molecule has 2 aromatic rings. The number of halogens is 1. The van der Waals surface area contributed by atoms with Crippen molar-refractivity contribution >= 4 is 39.4 Å². The lowest BCUT2D eigenvalue weighted by molar-refractivity contribution is -0.114. The van der Waals surface area contributed by atoms with E-state index in [2.05, 4.69) is 20.9 Å². The van der Waals surface area contributed by atoms with E-state index in [0.29, 0.717) is 25.9 Å². The van der Waals surface area contributed by atoms with Crippen molar-refractivity contribution in [2.24, 2.45) is 0 Å². The first kappa shape index (κ1) is 21.7. The van der Waals surface area contributed by atoms with E-state index < -0.39 is 11.2 Å². The lowest BCUT2D eigenvalue weighted by atomic mass is 10.2. The Morgan fingerprint density at radius 2 is 1.96 bits per heavy atom. The molecular formula is C20H25BrN4O3. The number of nitrogens with two attached hydrogens (primary N) is 1. The van der Waals surface area contributed by atoms with Gasteiger partial charge in [-0.05, 0) is 30.5 Å². The minimum Gasteiger partial charge on any atom is -0.383 e. The van der Waals surface area contributed by atoms with Gasteiger partial charge in [0.25, 0.3) is 11.5 Å². The zero-order chi connectivity index (χ0) is 20.7. The highest BCUT2D eigenvalue weighted by atomic mass is 79.9. The molecule has 1 aromatic heterocycles. The van der Waals surface area contributed by atoms with Gasteiger partial charge in [-0.3, -0.25) is 19.1 Å². The van der Waals surface area contributed by atoms with Crippen molar-refractivity contribution in [1.29, 1.82) is 0 Å². The van der Waals surface area contributed by atoms with Crippen LogP contribution in [-0.4, -0.2) is 22.0 Å². The van der Waals surface area contributed by atoms with Crippen LogP contribution in [0.4, 0.5) is 11.5 Å². The quantitative estimate of drug-likeness (QED) is 0.605. The number of carbonyl (C=O) groups is 1. The van der Waals surface area contributed by atoms with Crippen molar-refractivity contribution in [2.45, 2.75) is 39.7 Å². The molecule has 1 amide bonds. The lowest BCUT2D eigenvalue weighted by Gasteiger charge is -2.23. The molecule has 0 aliphatic rings. The Labute approximate surface area is 172 Å². The number of nitrogen functional groups attached to an aromatic ring is 1. The van der Waals surface area contributed by atoms with E-state index in [1.165, 1.54) is 15.5 Å². The van der Waals surface area contributed by atoms with Gasteiger partial charge < -0.3 is 10.6 Å². The van der Waals surface area contributed by atoms with Gasteiger partial charge in [-0.15, -0.1) is 0 Å². The largest absolute Gasteiger partial charge is 0.383 e. The van der Waals surface area contributed by atoms with Crippen LogP contribution in [0, 0.1) is 0 Å². The number of H-pyrrole nitrogens is 1. The van der Waals surface area contributed by atoms with E-state index in [1.54, 1.807) is 6.08 Å². The average Bonchev–Trinajstić information content (AvgIpc) is 2.66. The fourth-order valence-corrected chi connectivity index (χ4v) is 3.21. The van der Waals surface area contributed by atoms with Gasteiger partial charge in [0.1, 0.15) is 5.82 Å². The fourth-order valence-electron chi connectivity index (χ4n) is 2.79. The number of amides is 1. The maximum Gasteiger partial charge on any atom is 0.330 e. The molecule has 0 saturated carbocycles. The molecule has 8 heteroatoms. The Bertz CT molecular complexity index is 978. The molecule has 28 heavy (non-hydrogen) atoms. The van der Waals surface area contributed by atoms with Gasteiger partial charge in [-0.1, -0.05) is 54.4 Å². The molecule has 0 bridgehead atoms. The van der Waals surface area contributed by atoms with Gasteiger partial charge in [0, 0.05) is 23.6 Å². The molecule has 7 nitrogen and oxygen atoms in total. The SMILES string of the molecule is CCCCN(C(=O)/C=C/c1ccccc1Br)c1c(N)n(CCC)c(=O)[nH]c1=O. The second kappa shape index (κ2) is 10.1. The molecule has 2 rings (SSSR count). The first-order valence-electron chi connectivity index (χ1n) is 9.27. The minimum atomic E-state index is -0.659. The van der Waals surface area contributed by atoms with E-state index in [9.17, 15) is 14.4 Å². The van der Waals surface area contributed by atoms with E-state index in [1.807, 2.05) is 38.1 Å². The molecule has 0 atom stereocenters. The number of nitrogens with one attached hydrogen (secondary N) is 1. The summed E-state index contributed by atoms with van der Waals surface area (Å²) in [4.78, 5) is 41.1. The van der Waals surface area contributed by atoms with Gasteiger partial charge >= 0.3 is 5.69 Å². The predicted molar refractivity (Wildman–Crippen MR) is 116 cm³/mol. The molecular weight excluding hydrogens is 424 g/mol. The predicted octanol–water partition coefficient (Wildman–Crippen LogP) is 3.14. The summed E-state index contributed by atoms with van der Waals surface area (Å²) in [5.74, 6) is -0.363. The highest BCUT2D eigenvalue weighted by Gasteiger charge is 2.22. The van der Waals surface area contributed by atoms with Gasteiger partial charge in [0.15, 0.2) is 5.69 Å². The third-order valence-electron chi connectivity index (χ3n) is 4.24. The summed E-state index contributed by atoms with van der Waals surface area (Å²) in [6.45, 7) is 4.58. The summed E-state index contributed by atoms with van der Waals surface area (Å²) in [5.41, 5.74) is 5.76. The number of benzene rings is 1. The highest BCUT2D eigenvalue weighted by Crippen LogP contribution is 2.20. The van der Waals surface area contributed by atoms with Gasteiger partial charge in [-0.25, -0.2) is 4.79 Å². The third kappa shape index (κ3) is 5.01. The Morgan fingerprint density at radius 1 is 1.25 bits per heavy atom. The highest BCUT2D eigenvalue weighted by molar-refractivity contribution is 9.10. The summed E-state index contributed by atoms with van der Waals surface area (Å²) in [6, 6.07) is 7.50. The van der Waals surface area contributed by atoms with E-state index in [-0.39, 0.29) is 17.4 Å². The van der Waals surface area contributed by atoms with Crippen molar-refractivity contribution in [2.75, 3.05) is 17.2 Å². The molecule has 0 unspecified atom stereocenters. The van der Waals surface area contributed by atoms with Crippen molar-refractivity contribution in [3.63, 3.8) is 0 Å². The smallest absolute Gasteiger partial charge is 0.330 e. The van der Waals surface area contributed by atoms with Crippen LogP contribution < -0.4 is 21.9 Å². The first-order valence-corrected chi connectivity index (χ1v) is 10.1. The Hall–Kier alpha value is -2.61. The topological polar surface area (TPSA) is 101 Å². The molecule has 0 aliphatic carbocycles. The van der Waals surface area contributed by atoms with E-state index in [0.717, 1.165) is 16.5 Å². The molecule has 0 spiro atoms. The summed E-state index contributed by atoms with van der Waals surface area (Å²) < 4.78 is 2.15. The molecule has 1 aromatic carbocycles. The standard InChI is InChI=1S/C20H25BrN4O3/c1-3-5-13-24(16(26)11-10-14-8-6-7-9-15(14)21)17-18(22)25(12-4-2)20(28)23-19(17)27/h6-11H,3-5,12-13,22H2,1-2H3,(H,23,27,28)/b11-10+. The first-order chi connectivity index (χ1) is 13.4. The number of carbonyl (C=O) groups excluding carboxylic acids is 1. The van der Waals surface area contributed by atoms with Crippen LogP contribution in [0.15, 0.2) is 44.4 Å². The fraction of sp³-hybridized carbons (Fsp3) is 0.350.